The van der Waals surface area contributed by atoms with E-state index >= 15 is 0 Å². The predicted octanol–water partition coefficient (Wildman–Crippen LogP) is 2.22. The number of nitrogens with two attached hydrogens (primary N) is 1. The molecule has 0 amide bonds. The Bertz CT molecular complexity index is 482. The molecule has 3 nitrogen and oxygen atoms in total. The molecule has 0 atom stereocenters. The molecule has 0 aliphatic carbocycles. The molecular formula is C13H16N2O. The summed E-state index contributed by atoms with van der Waals surface area (Å²) >= 11 is 0. The van der Waals surface area contributed by atoms with E-state index in [2.05, 4.69) is 4.98 Å². The van der Waals surface area contributed by atoms with Gasteiger partial charge in [0.25, 0.3) is 0 Å². The van der Waals surface area contributed by atoms with Crippen LogP contribution in [0.4, 0.5) is 0 Å². The lowest BCUT2D eigenvalue weighted by Gasteiger charge is -2.04. The maximum absolute atomic E-state index is 9.68. The first-order chi connectivity index (χ1) is 7.81. The van der Waals surface area contributed by atoms with Gasteiger partial charge < -0.3 is 10.8 Å². The van der Waals surface area contributed by atoms with Crippen LogP contribution in [0.25, 0.3) is 10.9 Å². The van der Waals surface area contributed by atoms with Crippen LogP contribution < -0.4 is 5.73 Å². The Morgan fingerprint density at radius 3 is 2.81 bits per heavy atom. The number of para-hydroxylation sites is 1. The lowest BCUT2D eigenvalue weighted by atomic mass is 10.1. The highest BCUT2D eigenvalue weighted by Crippen LogP contribution is 2.22. The maximum Gasteiger partial charge on any atom is 0.141 e. The van der Waals surface area contributed by atoms with E-state index in [0.29, 0.717) is 5.52 Å². The smallest absolute Gasteiger partial charge is 0.141 e. The number of hydrogen-bond donors (Lipinski definition) is 2. The van der Waals surface area contributed by atoms with E-state index in [4.69, 9.17) is 5.73 Å². The summed E-state index contributed by atoms with van der Waals surface area (Å²) < 4.78 is 0. The Morgan fingerprint density at radius 2 is 2.00 bits per heavy atom. The number of pyridine rings is 1. The van der Waals surface area contributed by atoms with Crippen LogP contribution in [0.5, 0.6) is 5.75 Å². The first-order valence-electron chi connectivity index (χ1n) is 5.59. The second kappa shape index (κ2) is 4.94. The summed E-state index contributed by atoms with van der Waals surface area (Å²) in [5.41, 5.74) is 7.15. The third-order valence-corrected chi connectivity index (χ3v) is 2.64. The number of aromatic nitrogens is 1. The van der Waals surface area contributed by atoms with Crippen LogP contribution in [0, 0.1) is 0 Å². The Balaban J connectivity index is 2.25. The summed E-state index contributed by atoms with van der Waals surface area (Å²) in [7, 11) is 0. The van der Waals surface area contributed by atoms with Gasteiger partial charge in [-0.25, -0.2) is 4.98 Å². The van der Waals surface area contributed by atoms with Gasteiger partial charge in [0.05, 0.1) is 0 Å². The van der Waals surface area contributed by atoms with Gasteiger partial charge in [-0.1, -0.05) is 18.2 Å². The molecule has 2 aromatic rings. The average molecular weight is 216 g/mol. The maximum atomic E-state index is 9.68. The van der Waals surface area contributed by atoms with E-state index in [-0.39, 0.29) is 5.75 Å². The van der Waals surface area contributed by atoms with Gasteiger partial charge in [-0.2, -0.15) is 0 Å². The third-order valence-electron chi connectivity index (χ3n) is 2.64. The number of phenols is 1. The van der Waals surface area contributed by atoms with Gasteiger partial charge in [0, 0.05) is 11.1 Å². The molecule has 0 aliphatic heterocycles. The first kappa shape index (κ1) is 10.9. The second-order valence-corrected chi connectivity index (χ2v) is 3.90. The molecule has 0 saturated carbocycles. The summed E-state index contributed by atoms with van der Waals surface area (Å²) in [5, 5.41) is 10.7. The minimum atomic E-state index is 0.248. The number of aromatic hydroxyl groups is 1. The van der Waals surface area contributed by atoms with E-state index in [1.54, 1.807) is 6.07 Å². The Morgan fingerprint density at radius 1 is 1.12 bits per heavy atom. The van der Waals surface area contributed by atoms with E-state index in [9.17, 15) is 5.11 Å². The summed E-state index contributed by atoms with van der Waals surface area (Å²) in [6, 6.07) is 9.45. The fourth-order valence-electron chi connectivity index (χ4n) is 1.76. The van der Waals surface area contributed by atoms with Crippen molar-refractivity contribution in [3.8, 4) is 5.75 Å². The number of unbranched alkanes of at least 4 members (excludes halogenated alkanes) is 1. The monoisotopic (exact) mass is 216 g/mol. The van der Waals surface area contributed by atoms with Crippen LogP contribution in [-0.4, -0.2) is 16.6 Å². The van der Waals surface area contributed by atoms with E-state index < -0.39 is 0 Å². The fourth-order valence-corrected chi connectivity index (χ4v) is 1.76. The highest BCUT2D eigenvalue weighted by atomic mass is 16.3. The molecule has 0 aliphatic rings. The van der Waals surface area contributed by atoms with Crippen LogP contribution in [0.15, 0.2) is 30.3 Å². The largest absolute Gasteiger partial charge is 0.506 e. The Hall–Kier alpha value is -1.61. The van der Waals surface area contributed by atoms with Crippen molar-refractivity contribution in [3.05, 3.63) is 36.0 Å². The van der Waals surface area contributed by atoms with E-state index in [0.717, 1.165) is 36.9 Å². The van der Waals surface area contributed by atoms with Gasteiger partial charge in [-0.15, -0.1) is 0 Å². The lowest BCUT2D eigenvalue weighted by Crippen LogP contribution is -1.99. The zero-order valence-electron chi connectivity index (χ0n) is 9.19. The highest BCUT2D eigenvalue weighted by Gasteiger charge is 2.02. The molecule has 1 aromatic carbocycles. The second-order valence-electron chi connectivity index (χ2n) is 3.90. The number of nitrogens with zero attached hydrogens (tertiary/aromatic N) is 1. The number of benzene rings is 1. The minimum absolute atomic E-state index is 0.248. The standard InChI is InChI=1S/C13H16N2O/c14-9-2-1-5-11-8-7-10-4-3-6-12(16)13(10)15-11/h3-4,6-8,16H,1-2,5,9,14H2. The molecule has 0 fully saturated rings. The quantitative estimate of drug-likeness (QED) is 0.770. The van der Waals surface area contributed by atoms with Crippen molar-refractivity contribution in [2.45, 2.75) is 19.3 Å². The molecule has 0 bridgehead atoms. The van der Waals surface area contributed by atoms with Crippen molar-refractivity contribution in [2.24, 2.45) is 5.73 Å². The van der Waals surface area contributed by atoms with Gasteiger partial charge in [0.2, 0.25) is 0 Å². The minimum Gasteiger partial charge on any atom is -0.506 e. The number of hydrogen-bond acceptors (Lipinski definition) is 3. The molecule has 3 heteroatoms. The zero-order valence-corrected chi connectivity index (χ0v) is 9.19. The molecule has 2 rings (SSSR count). The van der Waals surface area contributed by atoms with E-state index in [1.807, 2.05) is 24.3 Å². The van der Waals surface area contributed by atoms with Gasteiger partial charge in [-0.05, 0) is 37.9 Å². The molecule has 0 unspecified atom stereocenters. The first-order valence-corrected chi connectivity index (χ1v) is 5.59. The number of phenolic OH excluding ortho intramolecular Hbond substituents is 1. The zero-order chi connectivity index (χ0) is 11.4. The fraction of sp³-hybridized carbons (Fsp3) is 0.308. The molecular weight excluding hydrogens is 200 g/mol. The molecule has 0 radical (unpaired) electrons. The molecule has 0 spiro atoms. The van der Waals surface area contributed by atoms with Crippen molar-refractivity contribution in [1.29, 1.82) is 0 Å². The van der Waals surface area contributed by atoms with Crippen molar-refractivity contribution in [1.82, 2.24) is 4.98 Å². The summed E-state index contributed by atoms with van der Waals surface area (Å²) in [6.07, 6.45) is 2.98. The molecule has 84 valence electrons. The molecule has 3 N–H and O–H groups in total. The summed E-state index contributed by atoms with van der Waals surface area (Å²) in [6.45, 7) is 0.721. The topological polar surface area (TPSA) is 59.1 Å². The lowest BCUT2D eigenvalue weighted by molar-refractivity contribution is 0.480. The normalized spacial score (nSPS) is 10.8. The highest BCUT2D eigenvalue weighted by molar-refractivity contribution is 5.84. The predicted molar refractivity (Wildman–Crippen MR) is 65.4 cm³/mol. The third kappa shape index (κ3) is 2.31. The molecule has 1 aromatic heterocycles. The average Bonchev–Trinajstić information content (AvgIpc) is 2.30. The van der Waals surface area contributed by atoms with E-state index in [1.165, 1.54) is 0 Å². The van der Waals surface area contributed by atoms with Crippen molar-refractivity contribution in [2.75, 3.05) is 6.54 Å². The van der Waals surface area contributed by atoms with Crippen LogP contribution in [0.3, 0.4) is 0 Å². The summed E-state index contributed by atoms with van der Waals surface area (Å²) in [4.78, 5) is 4.46. The van der Waals surface area contributed by atoms with Crippen LogP contribution >= 0.6 is 0 Å². The van der Waals surface area contributed by atoms with Crippen molar-refractivity contribution < 1.29 is 5.11 Å². The Labute approximate surface area is 94.9 Å². The number of fused-ring (bicyclic) bond motifs is 1. The van der Waals surface area contributed by atoms with Crippen LogP contribution in [-0.2, 0) is 6.42 Å². The van der Waals surface area contributed by atoms with Crippen molar-refractivity contribution >= 4 is 10.9 Å². The van der Waals surface area contributed by atoms with Gasteiger partial charge in [0.15, 0.2) is 0 Å². The number of rotatable bonds is 4. The van der Waals surface area contributed by atoms with Gasteiger partial charge >= 0.3 is 0 Å². The summed E-state index contributed by atoms with van der Waals surface area (Å²) in [5.74, 6) is 0.248. The van der Waals surface area contributed by atoms with Gasteiger partial charge in [-0.3, -0.25) is 0 Å². The number of aryl methyl sites for hydroxylation is 1. The molecule has 16 heavy (non-hydrogen) atoms. The van der Waals surface area contributed by atoms with Crippen molar-refractivity contribution in [3.63, 3.8) is 0 Å². The van der Waals surface area contributed by atoms with Gasteiger partial charge in [0.1, 0.15) is 11.3 Å². The SMILES string of the molecule is NCCCCc1ccc2cccc(O)c2n1. The van der Waals surface area contributed by atoms with Crippen LogP contribution in [0.2, 0.25) is 0 Å². The Kier molecular flexibility index (Phi) is 3.37. The molecule has 1 heterocycles. The molecule has 0 saturated heterocycles. The van der Waals surface area contributed by atoms with Crippen LogP contribution in [0.1, 0.15) is 18.5 Å².